The molecule has 1 fully saturated rings. The lowest BCUT2D eigenvalue weighted by Gasteiger charge is -2.36. The number of aliphatic hydroxyl groups excluding tert-OH is 1. The van der Waals surface area contributed by atoms with Crippen molar-refractivity contribution in [3.05, 3.63) is 35.6 Å². The standard InChI is InChI=1S/C14H16FNO2S/c1-9-16-14(10-4-2-3-5-12(10)15)8-18-13(6-17)11(14)7-19-9/h2-5,11,13,17H,6-8H2,1H3/t11-,13?,14-/m1/s1. The minimum atomic E-state index is -0.673. The molecule has 1 unspecified atom stereocenters. The SMILES string of the molecule is CC1=N[C@@]2(c3ccccc3F)COC(CO)[C@H]2CS1. The van der Waals surface area contributed by atoms with E-state index in [2.05, 4.69) is 0 Å². The van der Waals surface area contributed by atoms with E-state index in [-0.39, 0.29) is 24.4 Å². The number of fused-ring (bicyclic) bond motifs is 1. The summed E-state index contributed by atoms with van der Waals surface area (Å²) in [6.45, 7) is 2.23. The van der Waals surface area contributed by atoms with E-state index in [1.165, 1.54) is 6.07 Å². The molecule has 2 heterocycles. The molecule has 3 rings (SSSR count). The fourth-order valence-corrected chi connectivity index (χ4v) is 4.12. The molecule has 102 valence electrons. The van der Waals surface area contributed by atoms with Crippen molar-refractivity contribution < 1.29 is 14.2 Å². The van der Waals surface area contributed by atoms with Crippen LogP contribution in [-0.4, -0.2) is 35.2 Å². The summed E-state index contributed by atoms with van der Waals surface area (Å²) in [5.41, 5.74) is -0.0933. The van der Waals surface area contributed by atoms with Crippen molar-refractivity contribution in [2.75, 3.05) is 19.0 Å². The molecule has 1 N–H and O–H groups in total. The molecule has 0 radical (unpaired) electrons. The highest BCUT2D eigenvalue weighted by Crippen LogP contribution is 2.48. The molecule has 0 aromatic heterocycles. The van der Waals surface area contributed by atoms with Crippen molar-refractivity contribution in [3.8, 4) is 0 Å². The average molecular weight is 281 g/mol. The third-order valence-electron chi connectivity index (χ3n) is 3.93. The van der Waals surface area contributed by atoms with E-state index < -0.39 is 5.54 Å². The molecule has 0 saturated carbocycles. The number of aliphatic hydroxyl groups is 1. The summed E-state index contributed by atoms with van der Waals surface area (Å²) in [6, 6.07) is 6.74. The first-order valence-electron chi connectivity index (χ1n) is 6.34. The quantitative estimate of drug-likeness (QED) is 0.903. The highest BCUT2D eigenvalue weighted by Gasteiger charge is 2.53. The molecule has 0 bridgehead atoms. The molecule has 0 spiro atoms. The van der Waals surface area contributed by atoms with E-state index in [1.54, 1.807) is 23.9 Å². The second-order valence-electron chi connectivity index (χ2n) is 4.98. The van der Waals surface area contributed by atoms with Gasteiger partial charge < -0.3 is 9.84 Å². The number of hydrogen-bond donors (Lipinski definition) is 1. The summed E-state index contributed by atoms with van der Waals surface area (Å²) in [4.78, 5) is 4.71. The fraction of sp³-hybridized carbons (Fsp3) is 0.500. The Balaban J connectivity index is 2.13. The Labute approximate surface area is 115 Å². The number of aliphatic imine (C=N–C) groups is 1. The zero-order chi connectivity index (χ0) is 13.5. The van der Waals surface area contributed by atoms with Gasteiger partial charge in [-0.1, -0.05) is 18.2 Å². The van der Waals surface area contributed by atoms with Gasteiger partial charge in [0.05, 0.1) is 24.4 Å². The van der Waals surface area contributed by atoms with E-state index in [1.807, 2.05) is 13.0 Å². The number of thioether (sulfide) groups is 1. The molecule has 19 heavy (non-hydrogen) atoms. The van der Waals surface area contributed by atoms with Gasteiger partial charge in [-0.3, -0.25) is 4.99 Å². The van der Waals surface area contributed by atoms with Gasteiger partial charge in [-0.25, -0.2) is 4.39 Å². The lowest BCUT2D eigenvalue weighted by Crippen LogP contribution is -2.41. The molecule has 2 aliphatic rings. The lowest BCUT2D eigenvalue weighted by molar-refractivity contribution is 0.0436. The summed E-state index contributed by atoms with van der Waals surface area (Å²) < 4.78 is 19.8. The maximum atomic E-state index is 14.2. The van der Waals surface area contributed by atoms with Gasteiger partial charge in [0.2, 0.25) is 0 Å². The van der Waals surface area contributed by atoms with Crippen LogP contribution in [0.25, 0.3) is 0 Å². The third kappa shape index (κ3) is 2.00. The second kappa shape index (κ2) is 4.89. The molecular weight excluding hydrogens is 265 g/mol. The Morgan fingerprint density at radius 1 is 1.53 bits per heavy atom. The largest absolute Gasteiger partial charge is 0.394 e. The number of benzene rings is 1. The van der Waals surface area contributed by atoms with Gasteiger partial charge in [0, 0.05) is 17.2 Å². The van der Waals surface area contributed by atoms with Crippen LogP contribution in [0.4, 0.5) is 4.39 Å². The van der Waals surface area contributed by atoms with Crippen molar-refractivity contribution >= 4 is 16.8 Å². The minimum absolute atomic E-state index is 0.0168. The zero-order valence-corrected chi connectivity index (χ0v) is 11.5. The van der Waals surface area contributed by atoms with Crippen LogP contribution < -0.4 is 0 Å². The Morgan fingerprint density at radius 3 is 3.05 bits per heavy atom. The number of halogens is 1. The van der Waals surface area contributed by atoms with Crippen LogP contribution >= 0.6 is 11.8 Å². The van der Waals surface area contributed by atoms with E-state index in [4.69, 9.17) is 9.73 Å². The van der Waals surface area contributed by atoms with E-state index in [9.17, 15) is 9.50 Å². The Bertz CT molecular complexity index is 522. The summed E-state index contributed by atoms with van der Waals surface area (Å²) in [6.07, 6.45) is -0.260. The number of rotatable bonds is 2. The second-order valence-corrected chi connectivity index (χ2v) is 6.20. The van der Waals surface area contributed by atoms with Crippen molar-refractivity contribution in [2.24, 2.45) is 10.9 Å². The topological polar surface area (TPSA) is 41.8 Å². The molecule has 3 atom stereocenters. The molecule has 0 aliphatic carbocycles. The van der Waals surface area contributed by atoms with Crippen LogP contribution in [0.2, 0.25) is 0 Å². The van der Waals surface area contributed by atoms with Crippen LogP contribution in [-0.2, 0) is 10.3 Å². The molecule has 2 aliphatic heterocycles. The summed E-state index contributed by atoms with van der Waals surface area (Å²) >= 11 is 1.65. The van der Waals surface area contributed by atoms with E-state index in [0.29, 0.717) is 12.2 Å². The predicted octanol–water partition coefficient (Wildman–Crippen LogP) is 2.19. The highest BCUT2D eigenvalue weighted by atomic mass is 32.2. The zero-order valence-electron chi connectivity index (χ0n) is 10.7. The molecule has 1 aromatic carbocycles. The number of ether oxygens (including phenoxy) is 1. The lowest BCUT2D eigenvalue weighted by atomic mass is 9.79. The van der Waals surface area contributed by atoms with E-state index >= 15 is 0 Å². The summed E-state index contributed by atoms with van der Waals surface area (Å²) in [7, 11) is 0. The Kier molecular flexibility index (Phi) is 3.37. The highest BCUT2D eigenvalue weighted by molar-refractivity contribution is 8.13. The van der Waals surface area contributed by atoms with Gasteiger partial charge in [-0.15, -0.1) is 11.8 Å². The smallest absolute Gasteiger partial charge is 0.128 e. The first kappa shape index (κ1) is 13.1. The summed E-state index contributed by atoms with van der Waals surface area (Å²) in [5.74, 6) is 0.566. The minimum Gasteiger partial charge on any atom is -0.394 e. The monoisotopic (exact) mass is 281 g/mol. The van der Waals surface area contributed by atoms with Crippen LogP contribution in [0, 0.1) is 11.7 Å². The van der Waals surface area contributed by atoms with Gasteiger partial charge in [0.15, 0.2) is 0 Å². The fourth-order valence-electron chi connectivity index (χ4n) is 2.98. The molecule has 0 amide bonds. The van der Waals surface area contributed by atoms with Crippen molar-refractivity contribution in [1.29, 1.82) is 0 Å². The van der Waals surface area contributed by atoms with Gasteiger partial charge in [0.25, 0.3) is 0 Å². The van der Waals surface area contributed by atoms with Crippen LogP contribution in [0.15, 0.2) is 29.3 Å². The van der Waals surface area contributed by atoms with Crippen LogP contribution in [0.3, 0.4) is 0 Å². The number of nitrogens with zero attached hydrogens (tertiary/aromatic N) is 1. The molecule has 5 heteroatoms. The Hall–Kier alpha value is -0.910. The van der Waals surface area contributed by atoms with Crippen LogP contribution in [0.1, 0.15) is 12.5 Å². The first-order valence-corrected chi connectivity index (χ1v) is 7.32. The van der Waals surface area contributed by atoms with Crippen LogP contribution in [0.5, 0.6) is 0 Å². The third-order valence-corrected chi connectivity index (χ3v) is 4.96. The van der Waals surface area contributed by atoms with Gasteiger partial charge in [-0.05, 0) is 13.0 Å². The maximum Gasteiger partial charge on any atom is 0.128 e. The van der Waals surface area contributed by atoms with Gasteiger partial charge in [0.1, 0.15) is 11.4 Å². The average Bonchev–Trinajstić information content (AvgIpc) is 2.77. The van der Waals surface area contributed by atoms with E-state index in [0.717, 1.165) is 10.8 Å². The van der Waals surface area contributed by atoms with Gasteiger partial charge >= 0.3 is 0 Å². The predicted molar refractivity (Wildman–Crippen MR) is 74.0 cm³/mol. The van der Waals surface area contributed by atoms with Gasteiger partial charge in [-0.2, -0.15) is 0 Å². The molecule has 1 saturated heterocycles. The molecule has 3 nitrogen and oxygen atoms in total. The summed E-state index contributed by atoms with van der Waals surface area (Å²) in [5, 5.41) is 10.4. The van der Waals surface area contributed by atoms with Crippen molar-refractivity contribution in [1.82, 2.24) is 0 Å². The molecule has 1 aromatic rings. The number of hydrogen-bond acceptors (Lipinski definition) is 4. The van der Waals surface area contributed by atoms with Crippen molar-refractivity contribution in [3.63, 3.8) is 0 Å². The van der Waals surface area contributed by atoms with Crippen molar-refractivity contribution in [2.45, 2.75) is 18.6 Å². The first-order chi connectivity index (χ1) is 9.17. The Morgan fingerprint density at radius 2 is 2.32 bits per heavy atom. The molecular formula is C14H16FNO2S. The maximum absolute atomic E-state index is 14.2. The normalized spacial score (nSPS) is 33.9.